The number of hydrogen-bond donors (Lipinski definition) is 3. The summed E-state index contributed by atoms with van der Waals surface area (Å²) >= 11 is 0. The maximum absolute atomic E-state index is 10.1. The van der Waals surface area contributed by atoms with E-state index in [-0.39, 0.29) is 0 Å². The highest BCUT2D eigenvalue weighted by molar-refractivity contribution is 5.74. The molecule has 4 nitrogen and oxygen atoms in total. The van der Waals surface area contributed by atoms with Crippen LogP contribution in [0, 0.1) is 0 Å². The first-order valence-corrected chi connectivity index (χ1v) is 2.83. The van der Waals surface area contributed by atoms with Gasteiger partial charge in [-0.05, 0) is 6.42 Å². The molecule has 1 unspecified atom stereocenters. The lowest BCUT2D eigenvalue weighted by molar-refractivity contribution is -0.139. The molecule has 0 fully saturated rings. The lowest BCUT2D eigenvalue weighted by Gasteiger charge is -2.12. The first-order valence-electron chi connectivity index (χ1n) is 2.83. The van der Waals surface area contributed by atoms with Crippen LogP contribution < -0.4 is 11.5 Å². The molecule has 0 aliphatic rings. The second-order valence-electron chi connectivity index (χ2n) is 1.94. The quantitative estimate of drug-likeness (QED) is 0.466. The van der Waals surface area contributed by atoms with E-state index in [9.17, 15) is 4.79 Å². The maximum atomic E-state index is 10.1. The normalized spacial score (nSPS) is 16.8. The van der Waals surface area contributed by atoms with Gasteiger partial charge >= 0.3 is 5.97 Å². The molecule has 0 saturated heterocycles. The van der Waals surface area contributed by atoms with Crippen LogP contribution in [0.25, 0.3) is 0 Å². The Bertz CT molecular complexity index is 105. The summed E-state index contributed by atoms with van der Waals surface area (Å²) in [6, 6.07) is -1.35. The Morgan fingerprint density at radius 3 is 2.22 bits per heavy atom. The minimum Gasteiger partial charge on any atom is -0.480 e. The summed E-state index contributed by atoms with van der Waals surface area (Å²) in [6.07, 6.45) is 0.591. The Balaban J connectivity index is 3.72. The third-order valence-corrected chi connectivity index (χ3v) is 1.22. The highest BCUT2D eigenvalue weighted by atomic mass is 16.4. The summed E-state index contributed by atoms with van der Waals surface area (Å²) in [6.45, 7) is 1.80. The lowest BCUT2D eigenvalue weighted by atomic mass is 10.1. The molecular weight excluding hydrogens is 120 g/mol. The summed E-state index contributed by atoms with van der Waals surface area (Å²) in [5, 5.41) is 8.28. The molecule has 0 amide bonds. The van der Waals surface area contributed by atoms with Crippen molar-refractivity contribution in [2.24, 2.45) is 11.5 Å². The molecule has 2 atom stereocenters. The van der Waals surface area contributed by atoms with E-state index in [4.69, 9.17) is 16.6 Å². The molecule has 5 N–H and O–H groups in total. The van der Waals surface area contributed by atoms with Gasteiger partial charge in [-0.3, -0.25) is 4.79 Å². The van der Waals surface area contributed by atoms with E-state index < -0.39 is 18.1 Å². The fourth-order valence-electron chi connectivity index (χ4n) is 0.437. The highest BCUT2D eigenvalue weighted by Gasteiger charge is 2.17. The van der Waals surface area contributed by atoms with Gasteiger partial charge in [0.25, 0.3) is 0 Å². The van der Waals surface area contributed by atoms with Crippen molar-refractivity contribution in [1.82, 2.24) is 0 Å². The van der Waals surface area contributed by atoms with E-state index in [2.05, 4.69) is 0 Å². The molecule has 0 spiro atoms. The lowest BCUT2D eigenvalue weighted by Crippen LogP contribution is -2.46. The molecule has 0 aromatic heterocycles. The maximum Gasteiger partial charge on any atom is 0.322 e. The van der Waals surface area contributed by atoms with Crippen LogP contribution >= 0.6 is 0 Å². The number of carbonyl (C=O) groups is 1. The van der Waals surface area contributed by atoms with Gasteiger partial charge in [0, 0.05) is 6.04 Å². The summed E-state index contributed by atoms with van der Waals surface area (Å²) in [7, 11) is 0. The van der Waals surface area contributed by atoms with Gasteiger partial charge in [-0.25, -0.2) is 0 Å². The average molecular weight is 132 g/mol. The second kappa shape index (κ2) is 3.42. The summed E-state index contributed by atoms with van der Waals surface area (Å²) in [4.78, 5) is 10.1. The molecule has 0 aliphatic carbocycles. The van der Waals surface area contributed by atoms with Crippen LogP contribution in [0.15, 0.2) is 0 Å². The van der Waals surface area contributed by atoms with Crippen molar-refractivity contribution < 1.29 is 9.90 Å². The molecule has 0 rings (SSSR count). The van der Waals surface area contributed by atoms with Gasteiger partial charge in [-0.15, -0.1) is 0 Å². The molecule has 0 bridgehead atoms. The number of nitrogens with two attached hydrogens (primary N) is 2. The number of rotatable bonds is 3. The van der Waals surface area contributed by atoms with Gasteiger partial charge in [0.1, 0.15) is 6.04 Å². The van der Waals surface area contributed by atoms with Gasteiger partial charge in [0.2, 0.25) is 0 Å². The molecule has 0 aliphatic heterocycles. The Morgan fingerprint density at radius 1 is 1.67 bits per heavy atom. The number of hydrogen-bond acceptors (Lipinski definition) is 3. The SMILES string of the molecule is CCC(N)[C@H](N)C(=O)O. The van der Waals surface area contributed by atoms with Crippen LogP contribution in [0.3, 0.4) is 0 Å². The number of aliphatic carboxylic acids is 1. The summed E-state index contributed by atoms with van der Waals surface area (Å²) < 4.78 is 0. The van der Waals surface area contributed by atoms with Crippen molar-refractivity contribution in [2.75, 3.05) is 0 Å². The van der Waals surface area contributed by atoms with E-state index in [1.807, 2.05) is 0 Å². The molecule has 4 heteroatoms. The van der Waals surface area contributed by atoms with Crippen LogP contribution in [-0.4, -0.2) is 23.2 Å². The van der Waals surface area contributed by atoms with Crippen molar-refractivity contribution in [1.29, 1.82) is 0 Å². The Labute approximate surface area is 53.8 Å². The minimum absolute atomic E-state index is 0.428. The van der Waals surface area contributed by atoms with Gasteiger partial charge in [-0.2, -0.15) is 0 Å². The van der Waals surface area contributed by atoms with E-state index in [1.54, 1.807) is 6.92 Å². The summed E-state index contributed by atoms with van der Waals surface area (Å²) in [5.74, 6) is -1.04. The molecule has 9 heavy (non-hydrogen) atoms. The monoisotopic (exact) mass is 132 g/mol. The largest absolute Gasteiger partial charge is 0.480 e. The Kier molecular flexibility index (Phi) is 3.19. The van der Waals surface area contributed by atoms with Gasteiger partial charge < -0.3 is 16.6 Å². The van der Waals surface area contributed by atoms with Crippen molar-refractivity contribution in [3.8, 4) is 0 Å². The molecule has 0 radical (unpaired) electrons. The molecule has 0 saturated carbocycles. The predicted molar refractivity (Wildman–Crippen MR) is 33.9 cm³/mol. The van der Waals surface area contributed by atoms with E-state index in [0.717, 1.165) is 0 Å². The van der Waals surface area contributed by atoms with Crippen molar-refractivity contribution >= 4 is 5.97 Å². The molecule has 0 heterocycles. The highest BCUT2D eigenvalue weighted by Crippen LogP contribution is 1.90. The zero-order chi connectivity index (χ0) is 7.44. The zero-order valence-corrected chi connectivity index (χ0v) is 5.37. The van der Waals surface area contributed by atoms with E-state index in [0.29, 0.717) is 6.42 Å². The fourth-order valence-corrected chi connectivity index (χ4v) is 0.437. The van der Waals surface area contributed by atoms with Crippen LogP contribution in [0.1, 0.15) is 13.3 Å². The molecular formula is C5H12N2O2. The van der Waals surface area contributed by atoms with Gasteiger partial charge in [0.05, 0.1) is 0 Å². The van der Waals surface area contributed by atoms with Gasteiger partial charge in [-0.1, -0.05) is 6.92 Å². The zero-order valence-electron chi connectivity index (χ0n) is 5.37. The molecule has 0 aromatic rings. The van der Waals surface area contributed by atoms with Crippen LogP contribution in [0.4, 0.5) is 0 Å². The third kappa shape index (κ3) is 2.43. The second-order valence-corrected chi connectivity index (χ2v) is 1.94. The topological polar surface area (TPSA) is 89.3 Å². The van der Waals surface area contributed by atoms with E-state index in [1.165, 1.54) is 0 Å². The molecule has 0 aromatic carbocycles. The first kappa shape index (κ1) is 8.39. The van der Waals surface area contributed by atoms with Crippen molar-refractivity contribution in [2.45, 2.75) is 25.4 Å². The summed E-state index contributed by atoms with van der Waals surface area (Å²) in [5.41, 5.74) is 10.5. The first-order chi connectivity index (χ1) is 4.09. The Hall–Kier alpha value is -0.610. The number of carboxylic acid groups (broad SMARTS) is 1. The van der Waals surface area contributed by atoms with Crippen molar-refractivity contribution in [3.63, 3.8) is 0 Å². The van der Waals surface area contributed by atoms with Gasteiger partial charge in [0.15, 0.2) is 0 Å². The van der Waals surface area contributed by atoms with Crippen molar-refractivity contribution in [3.05, 3.63) is 0 Å². The Morgan fingerprint density at radius 2 is 2.11 bits per heavy atom. The smallest absolute Gasteiger partial charge is 0.322 e. The minimum atomic E-state index is -1.04. The van der Waals surface area contributed by atoms with Crippen LogP contribution in [-0.2, 0) is 4.79 Å². The number of carboxylic acids is 1. The van der Waals surface area contributed by atoms with E-state index >= 15 is 0 Å². The van der Waals surface area contributed by atoms with Crippen LogP contribution in [0.5, 0.6) is 0 Å². The third-order valence-electron chi connectivity index (χ3n) is 1.22. The predicted octanol–water partition coefficient (Wildman–Crippen LogP) is -0.864. The standard InChI is InChI=1S/C5H12N2O2/c1-2-3(6)4(7)5(8)9/h3-4H,2,6-7H2,1H3,(H,8,9)/t3?,4-/m0/s1. The average Bonchev–Trinajstić information content (AvgIpc) is 1.84. The fraction of sp³-hybridized carbons (Fsp3) is 0.800. The van der Waals surface area contributed by atoms with Crippen LogP contribution in [0.2, 0.25) is 0 Å². The molecule has 54 valence electrons.